The zero-order chi connectivity index (χ0) is 12.3. The number of nitrogens with one attached hydrogen (secondary N) is 1. The van der Waals surface area contributed by atoms with Crippen LogP contribution in [0.2, 0.25) is 5.02 Å². The Morgan fingerprint density at radius 1 is 1.50 bits per heavy atom. The third-order valence-electron chi connectivity index (χ3n) is 2.47. The zero-order valence-electron chi connectivity index (χ0n) is 9.00. The molecule has 0 aliphatic carbocycles. The molecular weight excluding hydrogens is 233 g/mol. The fourth-order valence-corrected chi connectivity index (χ4v) is 1.37. The molecule has 16 heavy (non-hydrogen) atoms. The summed E-state index contributed by atoms with van der Waals surface area (Å²) in [5, 5.41) is 11.6. The molecule has 0 heterocycles. The van der Waals surface area contributed by atoms with E-state index < -0.39 is 17.7 Å². The molecule has 0 fully saturated rings. The molecule has 2 N–H and O–H groups in total. The first-order chi connectivity index (χ1) is 7.43. The molecule has 5 heteroatoms. The van der Waals surface area contributed by atoms with Gasteiger partial charge in [-0.1, -0.05) is 17.7 Å². The van der Waals surface area contributed by atoms with Crippen LogP contribution in [0.15, 0.2) is 18.2 Å². The van der Waals surface area contributed by atoms with Gasteiger partial charge in [0.2, 0.25) is 0 Å². The van der Waals surface area contributed by atoms with Crippen molar-refractivity contribution in [1.82, 2.24) is 0 Å². The quantitative estimate of drug-likeness (QED) is 0.857. The van der Waals surface area contributed by atoms with Gasteiger partial charge in [-0.05, 0) is 26.0 Å². The molecule has 3 nitrogen and oxygen atoms in total. The molecule has 0 radical (unpaired) electrons. The van der Waals surface area contributed by atoms with E-state index in [1.54, 1.807) is 19.9 Å². The molecule has 2 atom stereocenters. The van der Waals surface area contributed by atoms with Crippen LogP contribution >= 0.6 is 11.6 Å². The van der Waals surface area contributed by atoms with Crippen LogP contribution in [0.4, 0.5) is 10.1 Å². The number of rotatable bonds is 4. The Morgan fingerprint density at radius 3 is 2.69 bits per heavy atom. The molecule has 0 saturated carbocycles. The Balaban J connectivity index is 2.81. The number of aliphatic carboxylic acids is 1. The second-order valence-corrected chi connectivity index (χ2v) is 4.07. The molecule has 0 aromatic heterocycles. The molecule has 0 aliphatic rings. The van der Waals surface area contributed by atoms with E-state index in [-0.39, 0.29) is 16.8 Å². The van der Waals surface area contributed by atoms with Crippen molar-refractivity contribution in [2.24, 2.45) is 5.92 Å². The average molecular weight is 246 g/mol. The molecule has 1 aromatic carbocycles. The fourth-order valence-electron chi connectivity index (χ4n) is 1.20. The maximum absolute atomic E-state index is 13.5. The molecular formula is C11H13ClFNO2. The molecule has 0 bridgehead atoms. The van der Waals surface area contributed by atoms with Crippen molar-refractivity contribution < 1.29 is 14.3 Å². The second-order valence-electron chi connectivity index (χ2n) is 3.66. The normalized spacial score (nSPS) is 14.2. The van der Waals surface area contributed by atoms with Crippen molar-refractivity contribution in [2.45, 2.75) is 19.9 Å². The predicted octanol–water partition coefficient (Wildman–Crippen LogP) is 3.00. The summed E-state index contributed by atoms with van der Waals surface area (Å²) >= 11 is 5.61. The Morgan fingerprint density at radius 2 is 2.12 bits per heavy atom. The van der Waals surface area contributed by atoms with Crippen LogP contribution in [0.1, 0.15) is 13.8 Å². The summed E-state index contributed by atoms with van der Waals surface area (Å²) in [6.45, 7) is 3.24. The molecule has 1 rings (SSSR count). The maximum Gasteiger partial charge on any atom is 0.308 e. The number of halogens is 2. The van der Waals surface area contributed by atoms with Crippen LogP contribution in [0.25, 0.3) is 0 Å². The molecule has 88 valence electrons. The van der Waals surface area contributed by atoms with Gasteiger partial charge in [0.1, 0.15) is 0 Å². The first kappa shape index (κ1) is 12.8. The van der Waals surface area contributed by atoms with Gasteiger partial charge >= 0.3 is 5.97 Å². The largest absolute Gasteiger partial charge is 0.481 e. The molecule has 2 unspecified atom stereocenters. The lowest BCUT2D eigenvalue weighted by molar-refractivity contribution is -0.141. The zero-order valence-corrected chi connectivity index (χ0v) is 9.75. The van der Waals surface area contributed by atoms with E-state index >= 15 is 0 Å². The number of hydrogen-bond donors (Lipinski definition) is 2. The fraction of sp³-hybridized carbons (Fsp3) is 0.364. The maximum atomic E-state index is 13.5. The highest BCUT2D eigenvalue weighted by Gasteiger charge is 2.20. The number of anilines is 1. The number of benzene rings is 1. The lowest BCUT2D eigenvalue weighted by Crippen LogP contribution is -2.30. The standard InChI is InChI=1S/C11H13ClFNO2/c1-6(11(15)16)7(2)14-9-5-3-4-8(12)10(9)13/h3-7,14H,1-2H3,(H,15,16). The third kappa shape index (κ3) is 2.85. The van der Waals surface area contributed by atoms with Crippen molar-refractivity contribution >= 4 is 23.3 Å². The van der Waals surface area contributed by atoms with Gasteiger partial charge in [0.15, 0.2) is 5.82 Å². The van der Waals surface area contributed by atoms with Crippen molar-refractivity contribution in [2.75, 3.05) is 5.32 Å². The van der Waals surface area contributed by atoms with E-state index in [1.165, 1.54) is 12.1 Å². The van der Waals surface area contributed by atoms with Gasteiger partial charge in [-0.3, -0.25) is 4.79 Å². The topological polar surface area (TPSA) is 49.3 Å². The summed E-state index contributed by atoms with van der Waals surface area (Å²) < 4.78 is 13.5. The number of carboxylic acid groups (broad SMARTS) is 1. The van der Waals surface area contributed by atoms with E-state index in [2.05, 4.69) is 5.32 Å². The van der Waals surface area contributed by atoms with Crippen LogP contribution in [0.3, 0.4) is 0 Å². The second kappa shape index (κ2) is 5.16. The van der Waals surface area contributed by atoms with Crippen LogP contribution < -0.4 is 5.32 Å². The predicted molar refractivity (Wildman–Crippen MR) is 61.3 cm³/mol. The highest BCUT2D eigenvalue weighted by molar-refractivity contribution is 6.31. The Labute approximate surface area is 98.2 Å². The average Bonchev–Trinajstić information content (AvgIpc) is 2.23. The van der Waals surface area contributed by atoms with Crippen molar-refractivity contribution in [3.63, 3.8) is 0 Å². The summed E-state index contributed by atoms with van der Waals surface area (Å²) in [6, 6.07) is 4.18. The van der Waals surface area contributed by atoms with Gasteiger partial charge < -0.3 is 10.4 Å². The van der Waals surface area contributed by atoms with Gasteiger partial charge in [0.25, 0.3) is 0 Å². The highest BCUT2D eigenvalue weighted by atomic mass is 35.5. The first-order valence-electron chi connectivity index (χ1n) is 4.87. The SMILES string of the molecule is CC(Nc1cccc(Cl)c1F)C(C)C(=O)O. The Hall–Kier alpha value is -1.29. The molecule has 0 spiro atoms. The summed E-state index contributed by atoms with van der Waals surface area (Å²) in [5.74, 6) is -2.10. The van der Waals surface area contributed by atoms with Gasteiger partial charge in [0.05, 0.1) is 16.6 Å². The minimum Gasteiger partial charge on any atom is -0.481 e. The minimum atomic E-state index is -0.928. The van der Waals surface area contributed by atoms with Crippen LogP contribution in [0.5, 0.6) is 0 Å². The van der Waals surface area contributed by atoms with Crippen LogP contribution in [-0.2, 0) is 4.79 Å². The molecule has 0 amide bonds. The lowest BCUT2D eigenvalue weighted by Gasteiger charge is -2.19. The van der Waals surface area contributed by atoms with Crippen LogP contribution in [0, 0.1) is 11.7 Å². The Bertz CT molecular complexity index is 398. The van der Waals surface area contributed by atoms with Gasteiger partial charge in [-0.2, -0.15) is 0 Å². The van der Waals surface area contributed by atoms with Gasteiger partial charge in [-0.25, -0.2) is 4.39 Å². The van der Waals surface area contributed by atoms with E-state index in [4.69, 9.17) is 16.7 Å². The summed E-state index contributed by atoms with van der Waals surface area (Å²) in [7, 11) is 0. The highest BCUT2D eigenvalue weighted by Crippen LogP contribution is 2.23. The minimum absolute atomic E-state index is 0.0141. The summed E-state index contributed by atoms with van der Waals surface area (Å²) in [4.78, 5) is 10.7. The first-order valence-corrected chi connectivity index (χ1v) is 5.24. The molecule has 0 saturated heterocycles. The number of carboxylic acids is 1. The lowest BCUT2D eigenvalue weighted by atomic mass is 10.0. The van der Waals surface area contributed by atoms with E-state index in [0.717, 1.165) is 0 Å². The van der Waals surface area contributed by atoms with E-state index in [9.17, 15) is 9.18 Å². The van der Waals surface area contributed by atoms with Crippen LogP contribution in [-0.4, -0.2) is 17.1 Å². The van der Waals surface area contributed by atoms with E-state index in [1.807, 2.05) is 0 Å². The van der Waals surface area contributed by atoms with Crippen molar-refractivity contribution in [3.8, 4) is 0 Å². The Kier molecular flexibility index (Phi) is 4.12. The van der Waals surface area contributed by atoms with E-state index in [0.29, 0.717) is 0 Å². The number of carbonyl (C=O) groups is 1. The van der Waals surface area contributed by atoms with Crippen molar-refractivity contribution in [3.05, 3.63) is 29.0 Å². The smallest absolute Gasteiger partial charge is 0.308 e. The van der Waals surface area contributed by atoms with Gasteiger partial charge in [-0.15, -0.1) is 0 Å². The molecule has 1 aromatic rings. The molecule has 0 aliphatic heterocycles. The van der Waals surface area contributed by atoms with Gasteiger partial charge in [0, 0.05) is 6.04 Å². The summed E-state index contributed by atoms with van der Waals surface area (Å²) in [6.07, 6.45) is 0. The third-order valence-corrected chi connectivity index (χ3v) is 2.77. The number of hydrogen-bond acceptors (Lipinski definition) is 2. The summed E-state index contributed by atoms with van der Waals surface area (Å²) in [5.41, 5.74) is 0.216. The monoisotopic (exact) mass is 245 g/mol. The van der Waals surface area contributed by atoms with Crippen molar-refractivity contribution in [1.29, 1.82) is 0 Å².